The van der Waals surface area contributed by atoms with E-state index in [0.717, 1.165) is 31.2 Å². The van der Waals surface area contributed by atoms with Crippen LogP contribution in [0, 0.1) is 17.8 Å². The van der Waals surface area contributed by atoms with Crippen molar-refractivity contribution in [2.24, 2.45) is 17.8 Å². The van der Waals surface area contributed by atoms with Crippen molar-refractivity contribution in [2.75, 3.05) is 19.8 Å². The summed E-state index contributed by atoms with van der Waals surface area (Å²) in [5.74, 6) is 0.862. The molecule has 0 aromatic heterocycles. The quantitative estimate of drug-likeness (QED) is 0.215. The summed E-state index contributed by atoms with van der Waals surface area (Å²) in [6.45, 7) is 8.03. The number of aliphatic hydroxyl groups excluding tert-OH is 1. The Bertz CT molecular complexity index is 836. The number of ether oxygens (including phenoxy) is 3. The van der Waals surface area contributed by atoms with Crippen LogP contribution in [0.15, 0.2) is 43.0 Å². The Labute approximate surface area is 207 Å². The van der Waals surface area contributed by atoms with Crippen LogP contribution in [0.1, 0.15) is 51.5 Å². The smallest absolute Gasteiger partial charge is 0.306 e. The van der Waals surface area contributed by atoms with Crippen molar-refractivity contribution in [1.82, 2.24) is 0 Å². The van der Waals surface area contributed by atoms with Crippen LogP contribution in [0.4, 0.5) is 0 Å². The van der Waals surface area contributed by atoms with Gasteiger partial charge in [0.15, 0.2) is 0 Å². The summed E-state index contributed by atoms with van der Waals surface area (Å²) in [5, 5.41) is 11.2. The molecule has 1 aromatic carbocycles. The van der Waals surface area contributed by atoms with E-state index < -0.39 is 6.10 Å². The van der Waals surface area contributed by atoms with Gasteiger partial charge >= 0.3 is 11.9 Å². The van der Waals surface area contributed by atoms with Gasteiger partial charge in [-0.15, -0.1) is 0 Å². The second kappa shape index (κ2) is 14.8. The standard InChI is InChI=1S/C27H37ClO6/c1-4-12-33-27(31)10-8-6-5-7-9-24-19(2)14-26(30)25(24)18-34-23-16-21(15-22(28)17-23)11-13-32-20(3)29/h4-5,7,15-17,19,24-26,30H,1,6,8-14,18H2,2-3H3/b7-5-/t19-,24+,25-,26-/m1/s1. The minimum absolute atomic E-state index is 0.0250. The number of hydrogen-bond donors (Lipinski definition) is 1. The zero-order valence-corrected chi connectivity index (χ0v) is 21.0. The van der Waals surface area contributed by atoms with Gasteiger partial charge in [0, 0.05) is 30.7 Å². The van der Waals surface area contributed by atoms with Crippen LogP contribution in [-0.2, 0) is 25.5 Å². The molecule has 0 amide bonds. The molecule has 0 aliphatic heterocycles. The number of allylic oxidation sites excluding steroid dienone is 2. The maximum absolute atomic E-state index is 11.5. The molecule has 0 unspecified atom stereocenters. The lowest BCUT2D eigenvalue weighted by Gasteiger charge is -2.23. The normalized spacial score (nSPS) is 22.0. The van der Waals surface area contributed by atoms with E-state index in [2.05, 4.69) is 25.7 Å². The van der Waals surface area contributed by atoms with Crippen molar-refractivity contribution in [3.63, 3.8) is 0 Å². The monoisotopic (exact) mass is 492 g/mol. The number of aliphatic hydroxyl groups is 1. The Morgan fingerprint density at radius 2 is 2.00 bits per heavy atom. The zero-order valence-electron chi connectivity index (χ0n) is 20.2. The maximum Gasteiger partial charge on any atom is 0.306 e. The lowest BCUT2D eigenvalue weighted by molar-refractivity contribution is -0.142. The van der Waals surface area contributed by atoms with Crippen molar-refractivity contribution < 1.29 is 28.9 Å². The van der Waals surface area contributed by atoms with Crippen LogP contribution in [0.2, 0.25) is 5.02 Å². The highest BCUT2D eigenvalue weighted by Gasteiger charge is 2.39. The molecule has 7 heteroatoms. The predicted molar refractivity (Wildman–Crippen MR) is 133 cm³/mol. The van der Waals surface area contributed by atoms with Gasteiger partial charge in [-0.25, -0.2) is 0 Å². The average molecular weight is 493 g/mol. The van der Waals surface area contributed by atoms with Crippen molar-refractivity contribution in [3.8, 4) is 5.75 Å². The minimum atomic E-state index is -0.407. The molecule has 1 aromatic rings. The molecular formula is C27H37ClO6. The van der Waals surface area contributed by atoms with Gasteiger partial charge < -0.3 is 19.3 Å². The lowest BCUT2D eigenvalue weighted by atomic mass is 9.87. The Hall–Kier alpha value is -2.31. The van der Waals surface area contributed by atoms with Crippen molar-refractivity contribution in [1.29, 1.82) is 0 Å². The van der Waals surface area contributed by atoms with Crippen molar-refractivity contribution in [2.45, 2.75) is 58.5 Å². The summed E-state index contributed by atoms with van der Waals surface area (Å²) in [7, 11) is 0. The van der Waals surface area contributed by atoms with Gasteiger partial charge in [0.1, 0.15) is 12.4 Å². The number of unbranched alkanes of at least 4 members (excludes halogenated alkanes) is 1. The van der Waals surface area contributed by atoms with Gasteiger partial charge in [-0.2, -0.15) is 0 Å². The second-order valence-electron chi connectivity index (χ2n) is 8.88. The Morgan fingerprint density at radius 3 is 2.74 bits per heavy atom. The van der Waals surface area contributed by atoms with E-state index in [4.69, 9.17) is 25.8 Å². The first-order chi connectivity index (χ1) is 16.3. The molecule has 0 saturated heterocycles. The molecule has 0 heterocycles. The van der Waals surface area contributed by atoms with Gasteiger partial charge in [0.2, 0.25) is 0 Å². The van der Waals surface area contributed by atoms with E-state index in [-0.39, 0.29) is 24.5 Å². The van der Waals surface area contributed by atoms with Crippen LogP contribution in [0.25, 0.3) is 0 Å². The third-order valence-electron chi connectivity index (χ3n) is 6.15. The number of carbonyl (C=O) groups excluding carboxylic acids is 2. The molecule has 0 radical (unpaired) electrons. The lowest BCUT2D eigenvalue weighted by Crippen LogP contribution is -2.26. The average Bonchev–Trinajstić information content (AvgIpc) is 3.04. The van der Waals surface area contributed by atoms with E-state index in [0.29, 0.717) is 48.7 Å². The molecule has 188 valence electrons. The van der Waals surface area contributed by atoms with E-state index >= 15 is 0 Å². The predicted octanol–water partition coefficient (Wildman–Crippen LogP) is 5.30. The van der Waals surface area contributed by atoms with Crippen LogP contribution in [0.5, 0.6) is 5.75 Å². The Morgan fingerprint density at radius 1 is 1.21 bits per heavy atom. The summed E-state index contributed by atoms with van der Waals surface area (Å²) in [6.07, 6.45) is 9.53. The number of carbonyl (C=O) groups is 2. The number of esters is 2. The fraction of sp³-hybridized carbons (Fsp3) is 0.556. The number of benzene rings is 1. The highest BCUT2D eigenvalue weighted by molar-refractivity contribution is 6.30. The topological polar surface area (TPSA) is 82.1 Å². The molecule has 1 aliphatic carbocycles. The minimum Gasteiger partial charge on any atom is -0.493 e. The molecule has 1 N–H and O–H groups in total. The first-order valence-electron chi connectivity index (χ1n) is 11.9. The summed E-state index contributed by atoms with van der Waals surface area (Å²) in [4.78, 5) is 22.5. The molecule has 1 aliphatic rings. The molecule has 0 bridgehead atoms. The molecule has 1 fully saturated rings. The van der Waals surface area contributed by atoms with E-state index in [1.54, 1.807) is 12.1 Å². The molecule has 2 rings (SSSR count). The summed E-state index contributed by atoms with van der Waals surface area (Å²) in [6, 6.07) is 5.49. The molecule has 6 nitrogen and oxygen atoms in total. The first-order valence-corrected chi connectivity index (χ1v) is 12.3. The molecular weight excluding hydrogens is 456 g/mol. The fourth-order valence-corrected chi connectivity index (χ4v) is 4.64. The fourth-order valence-electron chi connectivity index (χ4n) is 4.39. The largest absolute Gasteiger partial charge is 0.493 e. The maximum atomic E-state index is 11.5. The summed E-state index contributed by atoms with van der Waals surface area (Å²) >= 11 is 6.24. The summed E-state index contributed by atoms with van der Waals surface area (Å²) < 4.78 is 16.0. The number of halogens is 1. The van der Waals surface area contributed by atoms with Crippen LogP contribution in [0.3, 0.4) is 0 Å². The SMILES string of the molecule is C=CCOC(=O)CCC/C=C\C[C@@H]1[C@@H](COc2cc(Cl)cc(CCOC(C)=O)c2)[C@H](O)C[C@H]1C. The second-order valence-corrected chi connectivity index (χ2v) is 9.31. The molecule has 4 atom stereocenters. The summed E-state index contributed by atoms with van der Waals surface area (Å²) in [5.41, 5.74) is 0.928. The third kappa shape index (κ3) is 9.90. The van der Waals surface area contributed by atoms with Gasteiger partial charge in [0.05, 0.1) is 19.3 Å². The van der Waals surface area contributed by atoms with E-state index in [9.17, 15) is 14.7 Å². The van der Waals surface area contributed by atoms with Gasteiger partial charge in [-0.05, 0) is 61.3 Å². The first kappa shape index (κ1) is 27.9. The molecule has 1 saturated carbocycles. The van der Waals surface area contributed by atoms with Crippen molar-refractivity contribution in [3.05, 3.63) is 53.6 Å². The third-order valence-corrected chi connectivity index (χ3v) is 6.36. The van der Waals surface area contributed by atoms with Gasteiger partial charge in [-0.1, -0.05) is 43.3 Å². The number of hydrogen-bond acceptors (Lipinski definition) is 6. The van der Waals surface area contributed by atoms with E-state index in [1.165, 1.54) is 6.92 Å². The van der Waals surface area contributed by atoms with Gasteiger partial charge in [-0.3, -0.25) is 9.59 Å². The van der Waals surface area contributed by atoms with Crippen LogP contribution < -0.4 is 4.74 Å². The van der Waals surface area contributed by atoms with Crippen molar-refractivity contribution >= 4 is 23.5 Å². The van der Waals surface area contributed by atoms with Gasteiger partial charge in [0.25, 0.3) is 0 Å². The molecule has 34 heavy (non-hydrogen) atoms. The molecule has 0 spiro atoms. The van der Waals surface area contributed by atoms with Crippen LogP contribution >= 0.6 is 11.6 Å². The zero-order chi connectivity index (χ0) is 24.9. The highest BCUT2D eigenvalue weighted by Crippen LogP contribution is 2.40. The van der Waals surface area contributed by atoms with Crippen LogP contribution in [-0.4, -0.2) is 43.0 Å². The van der Waals surface area contributed by atoms with E-state index in [1.807, 2.05) is 12.1 Å². The Balaban J connectivity index is 1.84. The number of rotatable bonds is 14. The highest BCUT2D eigenvalue weighted by atomic mass is 35.5. The Kier molecular flexibility index (Phi) is 12.2.